The van der Waals surface area contributed by atoms with Crippen LogP contribution >= 0.6 is 0 Å². The highest BCUT2D eigenvalue weighted by atomic mass is 16.5. The Morgan fingerprint density at radius 3 is 3.00 bits per heavy atom. The third kappa shape index (κ3) is 1.84. The monoisotopic (exact) mass is 187 g/mol. The van der Waals surface area contributed by atoms with Crippen LogP contribution in [0.3, 0.4) is 0 Å². The number of allylic oxidation sites excluding steroid dienone is 1. The van der Waals surface area contributed by atoms with Gasteiger partial charge in [-0.15, -0.1) is 0 Å². The number of aliphatic imine (C=N–C) groups is 1. The summed E-state index contributed by atoms with van der Waals surface area (Å²) in [5.41, 5.74) is 2.56. The molecule has 0 unspecified atom stereocenters. The average molecular weight is 187 g/mol. The molecule has 0 radical (unpaired) electrons. The zero-order chi connectivity index (χ0) is 9.80. The number of rotatable bonds is 2. The highest BCUT2D eigenvalue weighted by Crippen LogP contribution is 2.23. The zero-order valence-electron chi connectivity index (χ0n) is 8.23. The van der Waals surface area contributed by atoms with Gasteiger partial charge in [0.05, 0.1) is 13.7 Å². The van der Waals surface area contributed by atoms with Crippen molar-refractivity contribution in [3.05, 3.63) is 35.9 Å². The summed E-state index contributed by atoms with van der Waals surface area (Å²) in [6.45, 7) is 0.798. The SMILES string of the molecule is COc1cccc(C2=CCN=CC2)c1. The topological polar surface area (TPSA) is 21.6 Å². The molecule has 1 aliphatic rings. The van der Waals surface area contributed by atoms with Crippen LogP contribution in [0.15, 0.2) is 35.3 Å². The Bertz CT molecular complexity index is 380. The van der Waals surface area contributed by atoms with Gasteiger partial charge >= 0.3 is 0 Å². The van der Waals surface area contributed by atoms with Gasteiger partial charge in [0, 0.05) is 12.6 Å². The average Bonchev–Trinajstić information content (AvgIpc) is 2.30. The lowest BCUT2D eigenvalue weighted by Gasteiger charge is -2.09. The van der Waals surface area contributed by atoms with E-state index in [0.717, 1.165) is 18.7 Å². The third-order valence-corrected chi connectivity index (χ3v) is 2.32. The van der Waals surface area contributed by atoms with Gasteiger partial charge in [-0.3, -0.25) is 4.99 Å². The second-order valence-electron chi connectivity index (χ2n) is 3.21. The quantitative estimate of drug-likeness (QED) is 0.697. The van der Waals surface area contributed by atoms with E-state index in [1.807, 2.05) is 18.3 Å². The maximum atomic E-state index is 5.18. The molecule has 0 bridgehead atoms. The molecular weight excluding hydrogens is 174 g/mol. The van der Waals surface area contributed by atoms with E-state index < -0.39 is 0 Å². The van der Waals surface area contributed by atoms with Crippen LogP contribution in [0.4, 0.5) is 0 Å². The largest absolute Gasteiger partial charge is 0.497 e. The Morgan fingerprint density at radius 2 is 2.29 bits per heavy atom. The summed E-state index contributed by atoms with van der Waals surface area (Å²) in [4.78, 5) is 4.16. The maximum absolute atomic E-state index is 5.18. The first-order chi connectivity index (χ1) is 6.90. The normalized spacial score (nSPS) is 15.1. The molecule has 0 amide bonds. The van der Waals surface area contributed by atoms with Crippen LogP contribution in [0.2, 0.25) is 0 Å². The molecule has 0 saturated carbocycles. The number of nitrogens with zero attached hydrogens (tertiary/aromatic N) is 1. The molecule has 2 rings (SSSR count). The van der Waals surface area contributed by atoms with Crippen LogP contribution in [0, 0.1) is 0 Å². The maximum Gasteiger partial charge on any atom is 0.119 e. The van der Waals surface area contributed by atoms with Gasteiger partial charge < -0.3 is 4.74 Å². The highest BCUT2D eigenvalue weighted by molar-refractivity contribution is 5.81. The summed E-state index contributed by atoms with van der Waals surface area (Å²) in [6.07, 6.45) is 5.05. The Morgan fingerprint density at radius 1 is 1.36 bits per heavy atom. The number of methoxy groups -OCH3 is 1. The molecule has 0 spiro atoms. The van der Waals surface area contributed by atoms with Crippen LogP contribution in [-0.2, 0) is 0 Å². The van der Waals surface area contributed by atoms with Crippen molar-refractivity contribution < 1.29 is 4.74 Å². The molecule has 14 heavy (non-hydrogen) atoms. The summed E-state index contributed by atoms with van der Waals surface area (Å²) in [5, 5.41) is 0. The molecular formula is C12H13NO. The molecule has 1 aromatic rings. The van der Waals surface area contributed by atoms with E-state index in [0.29, 0.717) is 0 Å². The fourth-order valence-corrected chi connectivity index (χ4v) is 1.54. The number of benzene rings is 1. The van der Waals surface area contributed by atoms with E-state index in [9.17, 15) is 0 Å². The van der Waals surface area contributed by atoms with Crippen LogP contribution in [0.1, 0.15) is 12.0 Å². The van der Waals surface area contributed by atoms with Crippen LogP contribution in [0.25, 0.3) is 5.57 Å². The minimum absolute atomic E-state index is 0.798. The van der Waals surface area contributed by atoms with Crippen molar-refractivity contribution >= 4 is 11.8 Å². The number of hydrogen-bond acceptors (Lipinski definition) is 2. The van der Waals surface area contributed by atoms with Crippen LogP contribution < -0.4 is 4.74 Å². The minimum Gasteiger partial charge on any atom is -0.497 e. The summed E-state index contributed by atoms with van der Waals surface area (Å²) in [6, 6.07) is 8.14. The first kappa shape index (κ1) is 9.00. The lowest BCUT2D eigenvalue weighted by molar-refractivity contribution is 0.414. The number of dihydropyridines is 1. The van der Waals surface area contributed by atoms with Crippen molar-refractivity contribution in [1.29, 1.82) is 0 Å². The van der Waals surface area contributed by atoms with Crippen LogP contribution in [0.5, 0.6) is 5.75 Å². The lowest BCUT2D eigenvalue weighted by atomic mass is 10.0. The zero-order valence-corrected chi connectivity index (χ0v) is 8.23. The van der Waals surface area contributed by atoms with E-state index >= 15 is 0 Å². The van der Waals surface area contributed by atoms with Gasteiger partial charge in [0.2, 0.25) is 0 Å². The van der Waals surface area contributed by atoms with Gasteiger partial charge in [0.1, 0.15) is 5.75 Å². The second kappa shape index (κ2) is 4.09. The fourth-order valence-electron chi connectivity index (χ4n) is 1.54. The predicted molar refractivity (Wildman–Crippen MR) is 58.9 cm³/mol. The van der Waals surface area contributed by atoms with E-state index in [-0.39, 0.29) is 0 Å². The standard InChI is InChI=1S/C12H13NO/c1-14-12-4-2-3-11(9-12)10-5-7-13-8-6-10/h2-5,8-9H,6-7H2,1H3. The van der Waals surface area contributed by atoms with E-state index in [4.69, 9.17) is 4.74 Å². The van der Waals surface area contributed by atoms with Gasteiger partial charge in [0.15, 0.2) is 0 Å². The van der Waals surface area contributed by atoms with Gasteiger partial charge in [0.25, 0.3) is 0 Å². The van der Waals surface area contributed by atoms with Gasteiger partial charge in [-0.1, -0.05) is 18.2 Å². The molecule has 1 aromatic carbocycles. The summed E-state index contributed by atoms with van der Waals surface area (Å²) in [7, 11) is 1.69. The first-order valence-electron chi connectivity index (χ1n) is 4.72. The molecule has 1 aliphatic heterocycles. The van der Waals surface area contributed by atoms with E-state index in [1.165, 1.54) is 11.1 Å². The molecule has 1 heterocycles. The van der Waals surface area contributed by atoms with Gasteiger partial charge in [-0.05, 0) is 23.3 Å². The fraction of sp³-hybridized carbons (Fsp3) is 0.250. The molecule has 0 atom stereocenters. The minimum atomic E-state index is 0.798. The van der Waals surface area contributed by atoms with Crippen molar-refractivity contribution in [2.24, 2.45) is 4.99 Å². The van der Waals surface area contributed by atoms with Crippen molar-refractivity contribution in [1.82, 2.24) is 0 Å². The molecule has 0 fully saturated rings. The van der Waals surface area contributed by atoms with E-state index in [1.54, 1.807) is 7.11 Å². The predicted octanol–water partition coefficient (Wildman–Crippen LogP) is 2.55. The van der Waals surface area contributed by atoms with Gasteiger partial charge in [-0.2, -0.15) is 0 Å². The summed E-state index contributed by atoms with van der Waals surface area (Å²) >= 11 is 0. The highest BCUT2D eigenvalue weighted by Gasteiger charge is 2.03. The smallest absolute Gasteiger partial charge is 0.119 e. The molecule has 0 aromatic heterocycles. The van der Waals surface area contributed by atoms with Gasteiger partial charge in [-0.25, -0.2) is 0 Å². The third-order valence-electron chi connectivity index (χ3n) is 2.32. The van der Waals surface area contributed by atoms with E-state index in [2.05, 4.69) is 23.2 Å². The number of ether oxygens (including phenoxy) is 1. The molecule has 0 saturated heterocycles. The Kier molecular flexibility index (Phi) is 2.63. The Labute approximate surface area is 83.9 Å². The van der Waals surface area contributed by atoms with Crippen LogP contribution in [-0.4, -0.2) is 19.9 Å². The second-order valence-corrected chi connectivity index (χ2v) is 3.21. The summed E-state index contributed by atoms with van der Waals surface area (Å²) in [5.74, 6) is 0.908. The lowest BCUT2D eigenvalue weighted by Crippen LogP contribution is -1.94. The Balaban J connectivity index is 2.27. The summed E-state index contributed by atoms with van der Waals surface area (Å²) < 4.78 is 5.18. The number of hydrogen-bond donors (Lipinski definition) is 0. The molecule has 0 aliphatic carbocycles. The van der Waals surface area contributed by atoms with Crippen molar-refractivity contribution in [3.8, 4) is 5.75 Å². The molecule has 2 heteroatoms. The first-order valence-corrected chi connectivity index (χ1v) is 4.72. The molecule has 0 N–H and O–H groups in total. The van der Waals surface area contributed by atoms with Crippen molar-refractivity contribution in [2.45, 2.75) is 6.42 Å². The Hall–Kier alpha value is -1.57. The molecule has 72 valence electrons. The van der Waals surface area contributed by atoms with Crippen molar-refractivity contribution in [3.63, 3.8) is 0 Å². The molecule has 2 nitrogen and oxygen atoms in total. The van der Waals surface area contributed by atoms with Crippen molar-refractivity contribution in [2.75, 3.05) is 13.7 Å².